The predicted octanol–water partition coefficient (Wildman–Crippen LogP) is 1.92. The molecule has 0 aliphatic carbocycles. The maximum absolute atomic E-state index is 11.7. The predicted molar refractivity (Wildman–Crippen MR) is 65.5 cm³/mol. The third-order valence-electron chi connectivity index (χ3n) is 2.90. The number of cyclic esters (lactones) is 1. The zero-order valence-corrected chi connectivity index (χ0v) is 10.4. The number of carbonyl (C=O) groups excluding carboxylic acids is 1. The van der Waals surface area contributed by atoms with Crippen molar-refractivity contribution in [3.63, 3.8) is 0 Å². The van der Waals surface area contributed by atoms with Crippen LogP contribution in [0.1, 0.15) is 12.5 Å². The van der Waals surface area contributed by atoms with E-state index < -0.39 is 18.2 Å². The topological polar surface area (TPSA) is 73.6 Å². The van der Waals surface area contributed by atoms with Crippen molar-refractivity contribution in [1.29, 1.82) is 5.26 Å². The summed E-state index contributed by atoms with van der Waals surface area (Å²) in [6.45, 7) is 1.51. The van der Waals surface area contributed by atoms with Crippen molar-refractivity contribution in [2.75, 3.05) is 11.5 Å². The highest BCUT2D eigenvalue weighted by molar-refractivity contribution is 6.32. The molecule has 0 spiro atoms. The third-order valence-corrected chi connectivity index (χ3v) is 3.21. The van der Waals surface area contributed by atoms with Gasteiger partial charge in [0.15, 0.2) is 0 Å². The van der Waals surface area contributed by atoms with E-state index in [4.69, 9.17) is 21.6 Å². The average molecular weight is 267 g/mol. The lowest BCUT2D eigenvalue weighted by molar-refractivity contribution is 0.129. The van der Waals surface area contributed by atoms with Crippen LogP contribution in [-0.4, -0.2) is 30.0 Å². The quantitative estimate of drug-likeness (QED) is 0.887. The van der Waals surface area contributed by atoms with Crippen molar-refractivity contribution in [2.24, 2.45) is 0 Å². The number of aliphatic hydroxyl groups excluding tert-OH is 1. The smallest absolute Gasteiger partial charge is 0.415 e. The Hall–Kier alpha value is -1.77. The monoisotopic (exact) mass is 266 g/mol. The molecule has 0 saturated carbocycles. The average Bonchev–Trinajstić information content (AvgIpc) is 2.63. The molecule has 2 rings (SSSR count). The Balaban J connectivity index is 2.39. The molecule has 94 valence electrons. The third kappa shape index (κ3) is 2.01. The number of nitrogens with zero attached hydrogens (tertiary/aromatic N) is 2. The van der Waals surface area contributed by atoms with Gasteiger partial charge < -0.3 is 9.84 Å². The Morgan fingerprint density at radius 1 is 1.61 bits per heavy atom. The van der Waals surface area contributed by atoms with Crippen LogP contribution in [-0.2, 0) is 4.74 Å². The maximum Gasteiger partial charge on any atom is 0.415 e. The lowest BCUT2D eigenvalue weighted by atomic mass is 10.1. The molecule has 0 aromatic heterocycles. The number of anilines is 1. The van der Waals surface area contributed by atoms with E-state index in [1.54, 1.807) is 13.0 Å². The summed E-state index contributed by atoms with van der Waals surface area (Å²) in [5, 5.41) is 18.3. The molecule has 1 aromatic carbocycles. The number of carbonyl (C=O) groups is 1. The van der Waals surface area contributed by atoms with Crippen LogP contribution in [0.3, 0.4) is 0 Å². The van der Waals surface area contributed by atoms with Crippen molar-refractivity contribution in [3.8, 4) is 6.07 Å². The molecule has 1 heterocycles. The van der Waals surface area contributed by atoms with E-state index in [-0.39, 0.29) is 11.6 Å². The summed E-state index contributed by atoms with van der Waals surface area (Å²) in [5.41, 5.74) is 0.842. The molecular formula is C12H11ClN2O3. The fourth-order valence-corrected chi connectivity index (χ4v) is 2.13. The van der Waals surface area contributed by atoms with Crippen molar-refractivity contribution in [2.45, 2.75) is 19.1 Å². The molecule has 2 atom stereocenters. The first-order valence-corrected chi connectivity index (χ1v) is 5.76. The molecular weight excluding hydrogens is 256 g/mol. The summed E-state index contributed by atoms with van der Waals surface area (Å²) < 4.78 is 5.05. The molecule has 0 radical (unpaired) electrons. The van der Waals surface area contributed by atoms with E-state index in [2.05, 4.69) is 0 Å². The van der Waals surface area contributed by atoms with Crippen LogP contribution in [0, 0.1) is 11.3 Å². The molecule has 1 aromatic rings. The Labute approximate surface area is 109 Å². The molecule has 2 unspecified atom stereocenters. The van der Waals surface area contributed by atoms with E-state index in [1.165, 1.54) is 17.0 Å². The minimum atomic E-state index is -0.526. The van der Waals surface area contributed by atoms with Gasteiger partial charge in [0.25, 0.3) is 0 Å². The molecule has 0 bridgehead atoms. The van der Waals surface area contributed by atoms with Gasteiger partial charge in [-0.05, 0) is 25.1 Å². The number of aliphatic hydroxyl groups is 1. The van der Waals surface area contributed by atoms with E-state index in [0.29, 0.717) is 11.3 Å². The first-order chi connectivity index (χ1) is 8.58. The lowest BCUT2D eigenvalue weighted by Gasteiger charge is -2.21. The molecule has 1 saturated heterocycles. The molecule has 1 amide bonds. The Kier molecular flexibility index (Phi) is 3.41. The maximum atomic E-state index is 11.7. The highest BCUT2D eigenvalue weighted by Crippen LogP contribution is 2.30. The number of nitriles is 1. The Bertz CT molecular complexity index is 527. The SMILES string of the molecule is CC1OC(=O)N(c2ccc(C#N)c(Cl)c2)C1CO. The summed E-state index contributed by atoms with van der Waals surface area (Å²) in [7, 11) is 0. The normalized spacial score (nSPS) is 22.8. The number of amides is 1. The molecule has 6 heteroatoms. The Morgan fingerprint density at radius 2 is 2.33 bits per heavy atom. The van der Waals surface area contributed by atoms with Crippen LogP contribution in [0.2, 0.25) is 5.02 Å². The van der Waals surface area contributed by atoms with E-state index in [0.717, 1.165) is 0 Å². The molecule has 5 nitrogen and oxygen atoms in total. The second kappa shape index (κ2) is 4.84. The second-order valence-corrected chi connectivity index (χ2v) is 4.39. The number of rotatable bonds is 2. The fourth-order valence-electron chi connectivity index (χ4n) is 1.91. The number of hydrogen-bond donors (Lipinski definition) is 1. The highest BCUT2D eigenvalue weighted by atomic mass is 35.5. The molecule has 1 N–H and O–H groups in total. The molecule has 1 aliphatic rings. The number of benzene rings is 1. The summed E-state index contributed by atoms with van der Waals surface area (Å²) in [6.07, 6.45) is -0.917. The van der Waals surface area contributed by atoms with Gasteiger partial charge in [-0.1, -0.05) is 11.6 Å². The van der Waals surface area contributed by atoms with Gasteiger partial charge in [-0.15, -0.1) is 0 Å². The van der Waals surface area contributed by atoms with Gasteiger partial charge in [-0.2, -0.15) is 5.26 Å². The minimum absolute atomic E-state index is 0.204. The van der Waals surface area contributed by atoms with Crippen LogP contribution >= 0.6 is 11.6 Å². The summed E-state index contributed by atoms with van der Waals surface area (Å²) in [4.78, 5) is 13.0. The second-order valence-electron chi connectivity index (χ2n) is 3.98. The van der Waals surface area contributed by atoms with Gasteiger partial charge >= 0.3 is 6.09 Å². The Morgan fingerprint density at radius 3 is 2.89 bits per heavy atom. The van der Waals surface area contributed by atoms with Crippen molar-refractivity contribution in [1.82, 2.24) is 0 Å². The van der Waals surface area contributed by atoms with Crippen LogP contribution in [0.15, 0.2) is 18.2 Å². The van der Waals surface area contributed by atoms with E-state index in [1.807, 2.05) is 6.07 Å². The van der Waals surface area contributed by atoms with E-state index >= 15 is 0 Å². The first kappa shape index (κ1) is 12.7. The molecule has 18 heavy (non-hydrogen) atoms. The zero-order chi connectivity index (χ0) is 13.3. The van der Waals surface area contributed by atoms with Crippen molar-refractivity contribution in [3.05, 3.63) is 28.8 Å². The van der Waals surface area contributed by atoms with Gasteiger partial charge in [0, 0.05) is 5.69 Å². The van der Waals surface area contributed by atoms with Crippen molar-refractivity contribution >= 4 is 23.4 Å². The van der Waals surface area contributed by atoms with Crippen LogP contribution in [0.4, 0.5) is 10.5 Å². The van der Waals surface area contributed by atoms with Crippen LogP contribution in [0.5, 0.6) is 0 Å². The first-order valence-electron chi connectivity index (χ1n) is 5.39. The zero-order valence-electron chi connectivity index (χ0n) is 9.63. The number of hydrogen-bond acceptors (Lipinski definition) is 4. The van der Waals surface area contributed by atoms with Gasteiger partial charge in [-0.3, -0.25) is 4.90 Å². The molecule has 1 fully saturated rings. The van der Waals surface area contributed by atoms with E-state index in [9.17, 15) is 9.90 Å². The van der Waals surface area contributed by atoms with Gasteiger partial charge in [0.05, 0.1) is 17.2 Å². The summed E-state index contributed by atoms with van der Waals surface area (Å²) >= 11 is 5.92. The largest absolute Gasteiger partial charge is 0.444 e. The highest BCUT2D eigenvalue weighted by Gasteiger charge is 2.39. The van der Waals surface area contributed by atoms with Gasteiger partial charge in [0.2, 0.25) is 0 Å². The van der Waals surface area contributed by atoms with Crippen molar-refractivity contribution < 1.29 is 14.6 Å². The fraction of sp³-hybridized carbons (Fsp3) is 0.333. The van der Waals surface area contributed by atoms with Crippen LogP contribution < -0.4 is 4.90 Å². The summed E-state index contributed by atoms with van der Waals surface area (Å²) in [5.74, 6) is 0. The lowest BCUT2D eigenvalue weighted by Crippen LogP contribution is -2.38. The van der Waals surface area contributed by atoms with Gasteiger partial charge in [-0.25, -0.2) is 4.79 Å². The standard InChI is InChI=1S/C12H11ClN2O3/c1-7-11(6-16)15(12(17)18-7)9-3-2-8(5-14)10(13)4-9/h2-4,7,11,16H,6H2,1H3. The summed E-state index contributed by atoms with van der Waals surface area (Å²) in [6, 6.07) is 6.15. The number of ether oxygens (including phenoxy) is 1. The van der Waals surface area contributed by atoms with Gasteiger partial charge in [0.1, 0.15) is 18.2 Å². The van der Waals surface area contributed by atoms with Crippen LogP contribution in [0.25, 0.3) is 0 Å². The molecule has 1 aliphatic heterocycles. The number of halogens is 1. The minimum Gasteiger partial charge on any atom is -0.444 e.